The van der Waals surface area contributed by atoms with E-state index in [1.807, 2.05) is 11.3 Å². The summed E-state index contributed by atoms with van der Waals surface area (Å²) < 4.78 is 5.34. The van der Waals surface area contributed by atoms with Crippen LogP contribution in [-0.4, -0.2) is 62.1 Å². The molecule has 0 saturated carbocycles. The molecule has 150 valence electrons. The van der Waals surface area contributed by atoms with E-state index in [1.165, 1.54) is 26.6 Å². The normalized spacial score (nSPS) is 19.5. The summed E-state index contributed by atoms with van der Waals surface area (Å²) in [7, 11) is 4.00. The lowest BCUT2D eigenvalue weighted by molar-refractivity contribution is 0.100. The van der Waals surface area contributed by atoms with Crippen LogP contribution in [0.4, 0.5) is 16.4 Å². The molecule has 0 aliphatic carbocycles. The van der Waals surface area contributed by atoms with Crippen LogP contribution in [0.3, 0.4) is 0 Å². The summed E-state index contributed by atoms with van der Waals surface area (Å²) >= 11 is 1.81. The lowest BCUT2D eigenvalue weighted by Crippen LogP contribution is -2.53. The first kappa shape index (κ1) is 19.4. The van der Waals surface area contributed by atoms with Crippen molar-refractivity contribution in [1.29, 1.82) is 0 Å². The monoisotopic (exact) mass is 398 g/mol. The van der Waals surface area contributed by atoms with Crippen molar-refractivity contribution in [3.8, 4) is 0 Å². The number of fused-ring (bicyclic) bond motifs is 2. The number of ether oxygens (including phenoxy) is 1. The number of aliphatic imine (C=N–C) groups is 1. The third kappa shape index (κ3) is 3.69. The lowest BCUT2D eigenvalue weighted by Gasteiger charge is -2.40. The molecule has 1 fully saturated rings. The number of nitrogens with zero attached hydrogens (tertiary/aromatic N) is 3. The molecule has 1 aromatic carbocycles. The molecule has 0 spiro atoms. The first-order chi connectivity index (χ1) is 13.5. The predicted molar refractivity (Wildman–Crippen MR) is 119 cm³/mol. The highest BCUT2D eigenvalue weighted by Gasteiger charge is 2.30. The lowest BCUT2D eigenvalue weighted by atomic mass is 10.1. The van der Waals surface area contributed by atoms with Gasteiger partial charge < -0.3 is 15.0 Å². The predicted octanol–water partition coefficient (Wildman–Crippen LogP) is 4.46. The van der Waals surface area contributed by atoms with Crippen LogP contribution < -0.4 is 5.32 Å². The molecule has 0 bridgehead atoms. The van der Waals surface area contributed by atoms with Gasteiger partial charge in [-0.2, -0.15) is 0 Å². The van der Waals surface area contributed by atoms with E-state index in [1.54, 1.807) is 7.11 Å². The van der Waals surface area contributed by atoms with Crippen LogP contribution in [0.25, 0.3) is 0 Å². The fraction of sp³-hybridized carbons (Fsp3) is 0.500. The first-order valence-corrected chi connectivity index (χ1v) is 10.8. The highest BCUT2D eigenvalue weighted by molar-refractivity contribution is 7.16. The van der Waals surface area contributed by atoms with Gasteiger partial charge in [0.15, 0.2) is 0 Å². The smallest absolute Gasteiger partial charge is 0.139 e. The molecule has 6 heteroatoms. The maximum Gasteiger partial charge on any atom is 0.139 e. The van der Waals surface area contributed by atoms with E-state index in [4.69, 9.17) is 9.73 Å². The summed E-state index contributed by atoms with van der Waals surface area (Å²) in [6, 6.07) is 7.19. The number of anilines is 2. The van der Waals surface area contributed by atoms with Gasteiger partial charge in [-0.3, -0.25) is 4.90 Å². The average molecular weight is 399 g/mol. The molecule has 0 amide bonds. The Morgan fingerprint density at radius 3 is 2.75 bits per heavy atom. The maximum absolute atomic E-state index is 5.34. The number of hydrogen-bond donors (Lipinski definition) is 1. The van der Waals surface area contributed by atoms with Crippen LogP contribution in [0, 0.1) is 20.8 Å². The second-order valence-corrected chi connectivity index (χ2v) is 9.23. The summed E-state index contributed by atoms with van der Waals surface area (Å²) in [6.07, 6.45) is 1.04. The van der Waals surface area contributed by atoms with E-state index in [9.17, 15) is 0 Å². The zero-order valence-electron chi connectivity index (χ0n) is 17.5. The molecule has 1 N–H and O–H groups in total. The second-order valence-electron chi connectivity index (χ2n) is 7.98. The number of amidine groups is 1. The van der Waals surface area contributed by atoms with Gasteiger partial charge in [-0.15, -0.1) is 11.3 Å². The minimum Gasteiger partial charge on any atom is -0.385 e. The summed E-state index contributed by atoms with van der Waals surface area (Å²) in [5.41, 5.74) is 5.93. The van der Waals surface area contributed by atoms with Gasteiger partial charge in [0.2, 0.25) is 0 Å². The van der Waals surface area contributed by atoms with Gasteiger partial charge in [0.25, 0.3) is 0 Å². The van der Waals surface area contributed by atoms with Crippen molar-refractivity contribution < 1.29 is 4.74 Å². The molecule has 1 aromatic heterocycles. The molecule has 0 radical (unpaired) electrons. The molecule has 2 aromatic rings. The number of hydrogen-bond acceptors (Lipinski definition) is 6. The largest absolute Gasteiger partial charge is 0.385 e. The van der Waals surface area contributed by atoms with Crippen molar-refractivity contribution >= 4 is 33.5 Å². The van der Waals surface area contributed by atoms with Crippen molar-refractivity contribution in [2.45, 2.75) is 33.2 Å². The zero-order valence-corrected chi connectivity index (χ0v) is 18.3. The molecule has 1 atom stereocenters. The Bertz CT molecular complexity index is 904. The Balaban J connectivity index is 1.74. The van der Waals surface area contributed by atoms with Crippen LogP contribution in [-0.2, 0) is 4.74 Å². The minimum atomic E-state index is 0.481. The van der Waals surface area contributed by atoms with Gasteiger partial charge in [-0.05, 0) is 63.6 Å². The quantitative estimate of drug-likeness (QED) is 0.829. The Labute approximate surface area is 172 Å². The highest BCUT2D eigenvalue weighted by Crippen LogP contribution is 2.40. The fourth-order valence-corrected chi connectivity index (χ4v) is 4.93. The van der Waals surface area contributed by atoms with Gasteiger partial charge in [-0.1, -0.05) is 0 Å². The Kier molecular flexibility index (Phi) is 5.45. The number of rotatable bonds is 3. The second kappa shape index (κ2) is 7.85. The highest BCUT2D eigenvalue weighted by atomic mass is 32.1. The maximum atomic E-state index is 5.34. The van der Waals surface area contributed by atoms with Crippen LogP contribution in [0.1, 0.15) is 28.0 Å². The third-order valence-electron chi connectivity index (χ3n) is 5.91. The number of thiophene rings is 1. The molecule has 4 rings (SSSR count). The van der Waals surface area contributed by atoms with E-state index in [0.717, 1.165) is 49.9 Å². The minimum absolute atomic E-state index is 0.481. The van der Waals surface area contributed by atoms with Crippen molar-refractivity contribution in [3.63, 3.8) is 0 Å². The Morgan fingerprint density at radius 2 is 1.96 bits per heavy atom. The number of piperazine rings is 1. The van der Waals surface area contributed by atoms with E-state index in [0.29, 0.717) is 6.04 Å². The van der Waals surface area contributed by atoms with Crippen LogP contribution in [0.15, 0.2) is 23.2 Å². The van der Waals surface area contributed by atoms with Crippen molar-refractivity contribution in [2.24, 2.45) is 4.99 Å². The molecule has 0 unspecified atom stereocenters. The summed E-state index contributed by atoms with van der Waals surface area (Å²) in [6.45, 7) is 10.3. The number of methoxy groups -OCH3 is 1. The van der Waals surface area contributed by atoms with Gasteiger partial charge in [-0.25, -0.2) is 4.99 Å². The average Bonchev–Trinajstić information content (AvgIpc) is 2.96. The van der Waals surface area contributed by atoms with Gasteiger partial charge in [0.05, 0.1) is 16.9 Å². The molecule has 3 heterocycles. The van der Waals surface area contributed by atoms with Gasteiger partial charge in [0, 0.05) is 44.3 Å². The Hall–Kier alpha value is -1.89. The Morgan fingerprint density at radius 1 is 1.18 bits per heavy atom. The number of likely N-dealkylation sites (N-methyl/N-ethyl adjacent to an activating group) is 1. The molecule has 2 aliphatic rings. The summed E-state index contributed by atoms with van der Waals surface area (Å²) in [5, 5.41) is 4.86. The SMILES string of the molecule is COCC[C@H]1CN(C2=Nc3cc(C)c(C)cc3Nc3sc(C)cc32)CCN1C. The first-order valence-electron chi connectivity index (χ1n) is 9.98. The molecular formula is C22H30N4OS. The number of aryl methyl sites for hydroxylation is 3. The van der Waals surface area contributed by atoms with Crippen molar-refractivity contribution in [3.05, 3.63) is 39.8 Å². The summed E-state index contributed by atoms with van der Waals surface area (Å²) in [4.78, 5) is 11.4. The molecule has 1 saturated heterocycles. The molecular weight excluding hydrogens is 368 g/mol. The summed E-state index contributed by atoms with van der Waals surface area (Å²) in [5.74, 6) is 1.10. The van der Waals surface area contributed by atoms with Crippen LogP contribution >= 0.6 is 11.3 Å². The third-order valence-corrected chi connectivity index (χ3v) is 6.88. The van der Waals surface area contributed by atoms with E-state index in [-0.39, 0.29) is 0 Å². The van der Waals surface area contributed by atoms with Crippen molar-refractivity contribution in [2.75, 3.05) is 45.7 Å². The molecule has 28 heavy (non-hydrogen) atoms. The zero-order chi connectivity index (χ0) is 19.8. The van der Waals surface area contributed by atoms with Crippen molar-refractivity contribution in [1.82, 2.24) is 9.80 Å². The molecule has 2 aliphatic heterocycles. The topological polar surface area (TPSA) is 40.1 Å². The number of nitrogens with one attached hydrogen (secondary N) is 1. The molecule has 5 nitrogen and oxygen atoms in total. The van der Waals surface area contributed by atoms with E-state index >= 15 is 0 Å². The van der Waals surface area contributed by atoms with Gasteiger partial charge in [0.1, 0.15) is 10.8 Å². The van der Waals surface area contributed by atoms with Crippen LogP contribution in [0.5, 0.6) is 0 Å². The van der Waals surface area contributed by atoms with E-state index < -0.39 is 0 Å². The fourth-order valence-electron chi connectivity index (χ4n) is 4.01. The number of benzene rings is 1. The van der Waals surface area contributed by atoms with Gasteiger partial charge >= 0.3 is 0 Å². The van der Waals surface area contributed by atoms with Crippen LogP contribution in [0.2, 0.25) is 0 Å². The van der Waals surface area contributed by atoms with E-state index in [2.05, 4.69) is 61.1 Å². The standard InChI is InChI=1S/C22H30N4OS/c1-14-10-19-20(11-15(14)2)24-22-18(12-16(3)28-22)21(23-19)26-8-7-25(4)17(13-26)6-9-27-5/h10-12,17,24H,6-9,13H2,1-5H3/t17-/m0/s1.